The van der Waals surface area contributed by atoms with Gasteiger partial charge in [0.2, 0.25) is 0 Å². The van der Waals surface area contributed by atoms with Gasteiger partial charge in [-0.1, -0.05) is 71.2 Å². The molecule has 1 heteroatoms. The monoisotopic (exact) mass is 300 g/mol. The second kappa shape index (κ2) is 10.0. The molecule has 1 atom stereocenters. The molecule has 22 heavy (non-hydrogen) atoms. The Hall–Kier alpha value is -1.76. The summed E-state index contributed by atoms with van der Waals surface area (Å²) in [4.78, 5) is 0. The van der Waals surface area contributed by atoms with E-state index in [4.69, 9.17) is 4.74 Å². The van der Waals surface area contributed by atoms with Gasteiger partial charge in [0.15, 0.2) is 0 Å². The lowest BCUT2D eigenvalue weighted by atomic mass is 9.91. The van der Waals surface area contributed by atoms with Crippen molar-refractivity contribution in [2.45, 2.75) is 40.5 Å². The molecule has 0 saturated carbocycles. The zero-order valence-corrected chi connectivity index (χ0v) is 15.0. The van der Waals surface area contributed by atoms with Crippen LogP contribution in [-0.4, -0.2) is 7.11 Å². The first-order chi connectivity index (χ1) is 10.2. The van der Waals surface area contributed by atoms with Gasteiger partial charge >= 0.3 is 0 Å². The van der Waals surface area contributed by atoms with Crippen LogP contribution in [0.5, 0.6) is 0 Å². The van der Waals surface area contributed by atoms with E-state index in [0.29, 0.717) is 11.7 Å². The average Bonchev–Trinajstić information content (AvgIpc) is 2.48. The summed E-state index contributed by atoms with van der Waals surface area (Å²) in [5, 5.41) is 0. The Morgan fingerprint density at radius 1 is 1.00 bits per heavy atom. The zero-order valence-electron chi connectivity index (χ0n) is 15.0. The Morgan fingerprint density at radius 3 is 2.09 bits per heavy atom. The summed E-state index contributed by atoms with van der Waals surface area (Å²) in [5.41, 5.74) is 4.02. The fraction of sp³-hybridized carbons (Fsp3) is 0.429. The van der Waals surface area contributed by atoms with Gasteiger partial charge in [-0.15, -0.1) is 0 Å². The average molecular weight is 300 g/mol. The molecule has 0 amide bonds. The summed E-state index contributed by atoms with van der Waals surface area (Å²) in [6, 6.07) is 0. The predicted octanol–water partition coefficient (Wildman–Crippen LogP) is 6.39. The molecule has 1 unspecified atom stereocenters. The summed E-state index contributed by atoms with van der Waals surface area (Å²) in [6.07, 6.45) is 8.18. The van der Waals surface area contributed by atoms with Crippen LogP contribution < -0.4 is 0 Å². The van der Waals surface area contributed by atoms with Crippen LogP contribution in [0.15, 0.2) is 72.6 Å². The van der Waals surface area contributed by atoms with Crippen LogP contribution in [0, 0.1) is 11.8 Å². The zero-order chi connectivity index (χ0) is 17.3. The van der Waals surface area contributed by atoms with Crippen LogP contribution in [0.4, 0.5) is 0 Å². The Morgan fingerprint density at radius 2 is 1.59 bits per heavy atom. The van der Waals surface area contributed by atoms with Crippen molar-refractivity contribution >= 4 is 0 Å². The number of allylic oxidation sites excluding steroid dienone is 7. The Balaban J connectivity index is 4.72. The summed E-state index contributed by atoms with van der Waals surface area (Å²) in [6.45, 7) is 24.9. The Bertz CT molecular complexity index is 486. The molecule has 0 N–H and O–H groups in total. The van der Waals surface area contributed by atoms with Gasteiger partial charge < -0.3 is 4.74 Å². The van der Waals surface area contributed by atoms with Crippen molar-refractivity contribution in [3.8, 4) is 0 Å². The standard InChI is InChI=1S/C21H32O/c1-15(2)10-11-16(3)18(5)14-19(6)21(8)17(4)12-13-20(7)22-9/h12-16H,4-5,7-8,10-11H2,1-3,6,9H3/b13-12-,19-14-. The van der Waals surface area contributed by atoms with Gasteiger partial charge in [0.25, 0.3) is 0 Å². The lowest BCUT2D eigenvalue weighted by molar-refractivity contribution is 0.309. The van der Waals surface area contributed by atoms with E-state index in [9.17, 15) is 0 Å². The molecule has 0 aliphatic rings. The van der Waals surface area contributed by atoms with Gasteiger partial charge in [0.05, 0.1) is 7.11 Å². The highest BCUT2D eigenvalue weighted by Gasteiger charge is 2.08. The molecule has 0 aliphatic heterocycles. The van der Waals surface area contributed by atoms with Crippen LogP contribution in [0.1, 0.15) is 40.5 Å². The molecule has 0 aliphatic carbocycles. The van der Waals surface area contributed by atoms with Crippen molar-refractivity contribution in [3.63, 3.8) is 0 Å². The molecule has 0 fully saturated rings. The molecule has 0 bridgehead atoms. The lowest BCUT2D eigenvalue weighted by Crippen LogP contribution is -2.00. The van der Waals surface area contributed by atoms with Crippen molar-refractivity contribution in [2.24, 2.45) is 11.8 Å². The largest absolute Gasteiger partial charge is 0.497 e. The van der Waals surface area contributed by atoms with Crippen molar-refractivity contribution in [3.05, 3.63) is 72.6 Å². The second-order valence-corrected chi connectivity index (χ2v) is 6.28. The molecule has 0 saturated heterocycles. The highest BCUT2D eigenvalue weighted by atomic mass is 16.5. The quantitative estimate of drug-likeness (QED) is 0.335. The summed E-state index contributed by atoms with van der Waals surface area (Å²) in [5.74, 6) is 1.82. The molecule has 0 aromatic rings. The van der Waals surface area contributed by atoms with Crippen LogP contribution in [0.3, 0.4) is 0 Å². The number of hydrogen-bond acceptors (Lipinski definition) is 1. The fourth-order valence-electron chi connectivity index (χ4n) is 1.89. The molecule has 0 aromatic heterocycles. The smallest absolute Gasteiger partial charge is 0.111 e. The van der Waals surface area contributed by atoms with E-state index in [1.807, 2.05) is 13.0 Å². The number of hydrogen-bond donors (Lipinski definition) is 0. The molecule has 122 valence electrons. The molecule has 0 aromatic carbocycles. The first kappa shape index (κ1) is 20.2. The highest BCUT2D eigenvalue weighted by Crippen LogP contribution is 2.24. The third-order valence-corrected chi connectivity index (χ3v) is 3.81. The van der Waals surface area contributed by atoms with Crippen LogP contribution in [0.2, 0.25) is 0 Å². The summed E-state index contributed by atoms with van der Waals surface area (Å²) >= 11 is 0. The first-order valence-electron chi connectivity index (χ1n) is 7.85. The fourth-order valence-corrected chi connectivity index (χ4v) is 1.89. The number of ether oxygens (including phenoxy) is 1. The maximum Gasteiger partial charge on any atom is 0.111 e. The van der Waals surface area contributed by atoms with Crippen LogP contribution in [0.25, 0.3) is 0 Å². The van der Waals surface area contributed by atoms with E-state index in [2.05, 4.69) is 53.2 Å². The van der Waals surface area contributed by atoms with Gasteiger partial charge in [-0.2, -0.15) is 0 Å². The molecule has 0 heterocycles. The van der Waals surface area contributed by atoms with Crippen LogP contribution >= 0.6 is 0 Å². The number of rotatable bonds is 10. The van der Waals surface area contributed by atoms with E-state index in [-0.39, 0.29) is 0 Å². The van der Waals surface area contributed by atoms with Crippen molar-refractivity contribution in [1.82, 2.24) is 0 Å². The molecular formula is C21H32O. The summed E-state index contributed by atoms with van der Waals surface area (Å²) in [7, 11) is 1.60. The van der Waals surface area contributed by atoms with E-state index in [1.54, 1.807) is 13.2 Å². The molecule has 0 spiro atoms. The summed E-state index contributed by atoms with van der Waals surface area (Å²) < 4.78 is 5.00. The normalized spacial score (nSPS) is 13.3. The van der Waals surface area contributed by atoms with Crippen molar-refractivity contribution < 1.29 is 4.74 Å². The third-order valence-electron chi connectivity index (χ3n) is 3.81. The molecule has 1 nitrogen and oxygen atoms in total. The molecule has 0 radical (unpaired) electrons. The first-order valence-corrected chi connectivity index (χ1v) is 7.85. The third kappa shape index (κ3) is 7.87. The minimum Gasteiger partial charge on any atom is -0.497 e. The SMILES string of the molecule is C=C(/C=C\C(=C)C(=C)/C(C)=C\C(=C)C(C)CCC(C)C)OC. The van der Waals surface area contributed by atoms with E-state index in [1.165, 1.54) is 12.8 Å². The van der Waals surface area contributed by atoms with Crippen molar-refractivity contribution in [2.75, 3.05) is 7.11 Å². The van der Waals surface area contributed by atoms with Crippen molar-refractivity contribution in [1.29, 1.82) is 0 Å². The Labute approximate surface area is 137 Å². The van der Waals surface area contributed by atoms with Gasteiger partial charge in [0.1, 0.15) is 5.76 Å². The second-order valence-electron chi connectivity index (χ2n) is 6.28. The van der Waals surface area contributed by atoms with Gasteiger partial charge in [-0.3, -0.25) is 0 Å². The van der Waals surface area contributed by atoms with E-state index < -0.39 is 0 Å². The topological polar surface area (TPSA) is 9.23 Å². The minimum atomic E-state index is 0.488. The maximum absolute atomic E-state index is 5.00. The molecular weight excluding hydrogens is 268 g/mol. The Kier molecular flexibility index (Phi) is 9.24. The van der Waals surface area contributed by atoms with Crippen LogP contribution in [-0.2, 0) is 4.74 Å². The predicted molar refractivity (Wildman–Crippen MR) is 99.7 cm³/mol. The lowest BCUT2D eigenvalue weighted by Gasteiger charge is -2.15. The van der Waals surface area contributed by atoms with E-state index >= 15 is 0 Å². The maximum atomic E-state index is 5.00. The van der Waals surface area contributed by atoms with Gasteiger partial charge in [-0.25, -0.2) is 0 Å². The van der Waals surface area contributed by atoms with Gasteiger partial charge in [0, 0.05) is 0 Å². The highest BCUT2D eigenvalue weighted by molar-refractivity contribution is 5.50. The minimum absolute atomic E-state index is 0.488. The number of methoxy groups -OCH3 is 1. The van der Waals surface area contributed by atoms with Gasteiger partial charge in [-0.05, 0) is 48.0 Å². The molecule has 0 rings (SSSR count). The van der Waals surface area contributed by atoms with E-state index in [0.717, 1.165) is 28.2 Å².